The van der Waals surface area contributed by atoms with E-state index in [1.807, 2.05) is 25.7 Å². The molecule has 0 bridgehead atoms. The molecule has 0 N–H and O–H groups in total. The third-order valence-electron chi connectivity index (χ3n) is 6.46. The first-order valence-electron chi connectivity index (χ1n) is 12.1. The molecule has 1 aliphatic carbocycles. The van der Waals surface area contributed by atoms with Gasteiger partial charge in [0.25, 0.3) is 8.32 Å². The van der Waals surface area contributed by atoms with E-state index in [0.29, 0.717) is 12.5 Å². The molecule has 0 aromatic heterocycles. The van der Waals surface area contributed by atoms with Crippen molar-refractivity contribution in [3.8, 4) is 0 Å². The summed E-state index contributed by atoms with van der Waals surface area (Å²) in [6.45, 7) is 17.3. The topological polar surface area (TPSA) is 38.8 Å². The molecule has 0 heterocycles. The molecule has 1 amide bonds. The third kappa shape index (κ3) is 5.69. The van der Waals surface area contributed by atoms with Gasteiger partial charge in [-0.15, -0.1) is 0 Å². The summed E-state index contributed by atoms with van der Waals surface area (Å²) in [6.07, 6.45) is 0.776. The Morgan fingerprint density at radius 2 is 1.42 bits per heavy atom. The van der Waals surface area contributed by atoms with Gasteiger partial charge in [0.1, 0.15) is 5.60 Å². The van der Waals surface area contributed by atoms with E-state index in [2.05, 4.69) is 95.3 Å². The molecule has 0 saturated heterocycles. The summed E-state index contributed by atoms with van der Waals surface area (Å²) in [5, 5.41) is 2.40. The molecule has 1 aliphatic rings. The lowest BCUT2D eigenvalue weighted by Gasteiger charge is -2.44. The molecule has 2 aromatic rings. The van der Waals surface area contributed by atoms with Crippen LogP contribution in [-0.4, -0.2) is 43.6 Å². The highest BCUT2D eigenvalue weighted by atomic mass is 28.4. The number of rotatable bonds is 7. The molecule has 5 heteroatoms. The SMILES string of the molecule is C[C@H]1C[C@H]1N(C(=O)OC(C)(C)C)[C@@H](C)CO[Si](c1ccccc1)(c1ccccc1)C(C)(C)C. The lowest BCUT2D eigenvalue weighted by Crippen LogP contribution is -2.67. The van der Waals surface area contributed by atoms with Crippen LogP contribution in [0.3, 0.4) is 0 Å². The molecule has 2 aromatic carbocycles. The van der Waals surface area contributed by atoms with Gasteiger partial charge in [-0.25, -0.2) is 4.79 Å². The van der Waals surface area contributed by atoms with Crippen LogP contribution in [0.1, 0.15) is 61.8 Å². The number of hydrogen-bond acceptors (Lipinski definition) is 3. The fourth-order valence-corrected chi connectivity index (χ4v) is 9.38. The summed E-state index contributed by atoms with van der Waals surface area (Å²) >= 11 is 0. The summed E-state index contributed by atoms with van der Waals surface area (Å²) in [5.41, 5.74) is -0.522. The number of nitrogens with zero attached hydrogens (tertiary/aromatic N) is 1. The van der Waals surface area contributed by atoms with Crippen LogP contribution in [0.15, 0.2) is 60.7 Å². The minimum atomic E-state index is -2.65. The number of carbonyl (C=O) groups excluding carboxylic acids is 1. The summed E-state index contributed by atoms with van der Waals surface area (Å²) in [7, 11) is -2.65. The van der Waals surface area contributed by atoms with Gasteiger partial charge in [-0.2, -0.15) is 0 Å². The quantitative estimate of drug-likeness (QED) is 0.498. The minimum Gasteiger partial charge on any atom is -0.444 e. The van der Waals surface area contributed by atoms with Crippen LogP contribution in [0, 0.1) is 5.92 Å². The summed E-state index contributed by atoms with van der Waals surface area (Å²) in [5.74, 6) is 0.493. The van der Waals surface area contributed by atoms with Crippen molar-refractivity contribution in [2.75, 3.05) is 6.61 Å². The van der Waals surface area contributed by atoms with Crippen LogP contribution in [0.4, 0.5) is 4.79 Å². The molecule has 33 heavy (non-hydrogen) atoms. The Balaban J connectivity index is 1.95. The fourth-order valence-electron chi connectivity index (χ4n) is 4.73. The Kier molecular flexibility index (Phi) is 7.44. The van der Waals surface area contributed by atoms with Crippen LogP contribution in [-0.2, 0) is 9.16 Å². The van der Waals surface area contributed by atoms with Gasteiger partial charge in [0.15, 0.2) is 0 Å². The molecular weight excluding hydrogens is 426 g/mol. The van der Waals surface area contributed by atoms with Crippen LogP contribution >= 0.6 is 0 Å². The van der Waals surface area contributed by atoms with Crippen LogP contribution in [0.5, 0.6) is 0 Å². The Bertz CT molecular complexity index is 878. The van der Waals surface area contributed by atoms with Gasteiger partial charge in [-0.3, -0.25) is 4.90 Å². The highest BCUT2D eigenvalue weighted by molar-refractivity contribution is 6.99. The van der Waals surface area contributed by atoms with E-state index in [4.69, 9.17) is 9.16 Å². The Morgan fingerprint density at radius 3 is 1.79 bits per heavy atom. The number of ether oxygens (including phenoxy) is 1. The largest absolute Gasteiger partial charge is 0.444 e. The number of amides is 1. The van der Waals surface area contributed by atoms with E-state index in [0.717, 1.165) is 6.42 Å². The molecule has 1 saturated carbocycles. The van der Waals surface area contributed by atoms with E-state index >= 15 is 0 Å². The van der Waals surface area contributed by atoms with Crippen LogP contribution in [0.25, 0.3) is 0 Å². The summed E-state index contributed by atoms with van der Waals surface area (Å²) < 4.78 is 12.9. The van der Waals surface area contributed by atoms with E-state index in [9.17, 15) is 4.79 Å². The van der Waals surface area contributed by atoms with Crippen molar-refractivity contribution in [1.29, 1.82) is 0 Å². The molecule has 0 spiro atoms. The standard InChI is InChI=1S/C28H41NO3Si/c1-21-19-25(21)29(26(30)32-27(3,4)5)22(2)20-31-33(28(6,7)8,23-15-11-9-12-16-23)24-17-13-10-14-18-24/h9-18,21-22,25H,19-20H2,1-8H3/t21-,22-,25+/m0/s1. The van der Waals surface area contributed by atoms with Crippen molar-refractivity contribution in [2.45, 2.75) is 84.5 Å². The smallest absolute Gasteiger partial charge is 0.410 e. The zero-order valence-electron chi connectivity index (χ0n) is 21.6. The second kappa shape index (κ2) is 9.63. The summed E-state index contributed by atoms with van der Waals surface area (Å²) in [6, 6.07) is 21.4. The highest BCUT2D eigenvalue weighted by Crippen LogP contribution is 2.39. The van der Waals surface area contributed by atoms with Gasteiger partial charge in [0.05, 0.1) is 12.6 Å². The predicted molar refractivity (Wildman–Crippen MR) is 139 cm³/mol. The molecule has 1 fully saturated rings. The van der Waals surface area contributed by atoms with Crippen molar-refractivity contribution < 1.29 is 14.0 Å². The number of carbonyl (C=O) groups is 1. The number of benzene rings is 2. The maximum Gasteiger partial charge on any atom is 0.410 e. The highest BCUT2D eigenvalue weighted by Gasteiger charge is 2.51. The second-order valence-corrected chi connectivity index (χ2v) is 15.8. The summed E-state index contributed by atoms with van der Waals surface area (Å²) in [4.78, 5) is 15.1. The van der Waals surface area contributed by atoms with Crippen molar-refractivity contribution in [3.05, 3.63) is 60.7 Å². The minimum absolute atomic E-state index is 0.0866. The maximum atomic E-state index is 13.1. The van der Waals surface area contributed by atoms with Crippen LogP contribution < -0.4 is 10.4 Å². The molecule has 3 atom stereocenters. The van der Waals surface area contributed by atoms with Crippen molar-refractivity contribution in [2.24, 2.45) is 5.92 Å². The average Bonchev–Trinajstić information content (AvgIpc) is 3.43. The van der Waals surface area contributed by atoms with Gasteiger partial charge < -0.3 is 9.16 Å². The average molecular weight is 468 g/mol. The molecule has 180 valence electrons. The first-order valence-corrected chi connectivity index (χ1v) is 14.0. The lowest BCUT2D eigenvalue weighted by atomic mass is 10.2. The van der Waals surface area contributed by atoms with Gasteiger partial charge >= 0.3 is 6.09 Å². The van der Waals surface area contributed by atoms with Crippen molar-refractivity contribution in [1.82, 2.24) is 4.90 Å². The van der Waals surface area contributed by atoms with Gasteiger partial charge in [-0.05, 0) is 55.4 Å². The Hall–Kier alpha value is -2.11. The molecule has 0 radical (unpaired) electrons. The normalized spacial score (nSPS) is 19.6. The second-order valence-electron chi connectivity index (χ2n) is 11.5. The maximum absolute atomic E-state index is 13.1. The zero-order valence-corrected chi connectivity index (χ0v) is 22.6. The Morgan fingerprint density at radius 1 is 0.970 bits per heavy atom. The van der Waals surface area contributed by atoms with Gasteiger partial charge in [-0.1, -0.05) is 88.4 Å². The fraction of sp³-hybridized carbons (Fsp3) is 0.536. The van der Waals surface area contributed by atoms with Crippen LogP contribution in [0.2, 0.25) is 5.04 Å². The molecular formula is C28H41NO3Si. The first-order chi connectivity index (χ1) is 15.4. The molecule has 0 unspecified atom stereocenters. The Labute approximate surface area is 201 Å². The van der Waals surface area contributed by atoms with Gasteiger partial charge in [0.2, 0.25) is 0 Å². The van der Waals surface area contributed by atoms with Gasteiger partial charge in [0, 0.05) is 6.04 Å². The lowest BCUT2D eigenvalue weighted by molar-refractivity contribution is 0.00920. The zero-order chi connectivity index (χ0) is 24.4. The molecule has 4 nitrogen and oxygen atoms in total. The monoisotopic (exact) mass is 467 g/mol. The van der Waals surface area contributed by atoms with E-state index in [1.54, 1.807) is 0 Å². The molecule has 0 aliphatic heterocycles. The van der Waals surface area contributed by atoms with Crippen molar-refractivity contribution in [3.63, 3.8) is 0 Å². The first kappa shape index (κ1) is 25.5. The van der Waals surface area contributed by atoms with E-state index in [-0.39, 0.29) is 23.2 Å². The van der Waals surface area contributed by atoms with Crippen molar-refractivity contribution >= 4 is 24.8 Å². The van der Waals surface area contributed by atoms with E-state index in [1.165, 1.54) is 10.4 Å². The third-order valence-corrected chi connectivity index (χ3v) is 11.5. The van der Waals surface area contributed by atoms with E-state index < -0.39 is 13.9 Å². The molecule has 3 rings (SSSR count). The number of hydrogen-bond donors (Lipinski definition) is 0. The predicted octanol–water partition coefficient (Wildman–Crippen LogP) is 5.60.